The van der Waals surface area contributed by atoms with Gasteiger partial charge in [-0.25, -0.2) is 9.57 Å². The molecular weight excluding hydrogens is 464 g/mol. The molecule has 2 heterocycles. The zero-order chi connectivity index (χ0) is 24.6. The van der Waals surface area contributed by atoms with Crippen molar-refractivity contribution in [3.8, 4) is 11.4 Å². The summed E-state index contributed by atoms with van der Waals surface area (Å²) in [5, 5.41) is 5.32. The summed E-state index contributed by atoms with van der Waals surface area (Å²) >= 11 is 1.02. The lowest BCUT2D eigenvalue weighted by molar-refractivity contribution is -0.160. The Labute approximate surface area is 209 Å². The van der Waals surface area contributed by atoms with Gasteiger partial charge in [-0.3, -0.25) is 4.79 Å². The molecule has 0 N–H and O–H groups in total. The Bertz CT molecular complexity index is 1200. The first-order valence-electron chi connectivity index (χ1n) is 11.7. The Morgan fingerprint density at radius 3 is 2.31 bits per heavy atom. The predicted octanol–water partition coefficient (Wildman–Crippen LogP) is 4.26. The number of fused-ring (bicyclic) bond motifs is 1. The lowest BCUT2D eigenvalue weighted by Crippen LogP contribution is -2.38. The largest absolute Gasteiger partial charge is 0.497 e. The van der Waals surface area contributed by atoms with E-state index in [2.05, 4.69) is 43.3 Å². The second-order valence-electron chi connectivity index (χ2n) is 9.33. The van der Waals surface area contributed by atoms with E-state index in [1.807, 2.05) is 29.2 Å². The van der Waals surface area contributed by atoms with Crippen LogP contribution in [0.25, 0.3) is 5.69 Å². The van der Waals surface area contributed by atoms with Gasteiger partial charge in [-0.1, -0.05) is 12.1 Å². The first kappa shape index (κ1) is 23.9. The van der Waals surface area contributed by atoms with Crippen molar-refractivity contribution >= 4 is 23.6 Å². The van der Waals surface area contributed by atoms with Crippen molar-refractivity contribution < 1.29 is 18.8 Å². The fourth-order valence-corrected chi connectivity index (χ4v) is 5.45. The Hall–Kier alpha value is -2.85. The Balaban J connectivity index is 1.47. The minimum Gasteiger partial charge on any atom is -0.497 e. The summed E-state index contributed by atoms with van der Waals surface area (Å²) in [7, 11) is 7.31. The standard InChI is InChI=1S/C26H30N4O4S/c1-28(2)17-26(14-15-26)18-5-7-19(8-6-18)29-16-13-22-23(25(29)31)30(27-24(22)35-34-33-4)20-9-11-21(32-3)12-10-20/h5-12H,13-17H2,1-4H3. The van der Waals surface area contributed by atoms with Crippen LogP contribution in [0, 0.1) is 0 Å². The second-order valence-corrected chi connectivity index (χ2v) is 10.0. The normalized spacial score (nSPS) is 16.5. The molecule has 1 saturated carbocycles. The predicted molar refractivity (Wildman–Crippen MR) is 135 cm³/mol. The first-order chi connectivity index (χ1) is 17.0. The maximum Gasteiger partial charge on any atom is 0.277 e. The van der Waals surface area contributed by atoms with Gasteiger partial charge >= 0.3 is 0 Å². The molecule has 1 fully saturated rings. The van der Waals surface area contributed by atoms with Crippen molar-refractivity contribution in [1.29, 1.82) is 0 Å². The molecule has 2 aromatic carbocycles. The number of amides is 1. The monoisotopic (exact) mass is 494 g/mol. The van der Waals surface area contributed by atoms with Crippen molar-refractivity contribution in [1.82, 2.24) is 14.7 Å². The van der Waals surface area contributed by atoms with E-state index in [9.17, 15) is 4.79 Å². The lowest BCUT2D eigenvalue weighted by Gasteiger charge is -2.28. The van der Waals surface area contributed by atoms with Gasteiger partial charge in [0.2, 0.25) is 0 Å². The number of carbonyl (C=O) groups excluding carboxylic acids is 1. The molecular formula is C26H30N4O4S. The van der Waals surface area contributed by atoms with Crippen LogP contribution in [0.4, 0.5) is 5.69 Å². The van der Waals surface area contributed by atoms with Crippen LogP contribution < -0.4 is 9.64 Å². The van der Waals surface area contributed by atoms with Crippen molar-refractivity contribution in [2.75, 3.05) is 46.3 Å². The SMILES string of the molecule is COOSc1nn(-c2ccc(OC)cc2)c2c1CCN(c1ccc(C3(CN(C)C)CC3)cc1)C2=O. The average molecular weight is 495 g/mol. The zero-order valence-corrected chi connectivity index (χ0v) is 21.3. The van der Waals surface area contributed by atoms with Crippen LogP contribution in [0.5, 0.6) is 5.75 Å². The number of benzene rings is 2. The highest BCUT2D eigenvalue weighted by Crippen LogP contribution is 2.48. The lowest BCUT2D eigenvalue weighted by atomic mass is 9.95. The smallest absolute Gasteiger partial charge is 0.277 e. The number of rotatable bonds is 9. The summed E-state index contributed by atoms with van der Waals surface area (Å²) in [5.41, 5.74) is 4.68. The van der Waals surface area contributed by atoms with Crippen LogP contribution in [-0.2, 0) is 21.1 Å². The third-order valence-corrected chi connectivity index (χ3v) is 7.43. The second kappa shape index (κ2) is 9.66. The third-order valence-electron chi connectivity index (χ3n) is 6.74. The van der Waals surface area contributed by atoms with Crippen molar-refractivity contribution in [3.05, 3.63) is 65.4 Å². The minimum atomic E-state index is -0.0824. The highest BCUT2D eigenvalue weighted by atomic mass is 32.2. The van der Waals surface area contributed by atoms with Gasteiger partial charge in [0.05, 0.1) is 31.9 Å². The number of hydrogen-bond donors (Lipinski definition) is 0. The van der Waals surface area contributed by atoms with Gasteiger partial charge in [0.15, 0.2) is 5.03 Å². The van der Waals surface area contributed by atoms with Gasteiger partial charge in [0, 0.05) is 29.8 Å². The summed E-state index contributed by atoms with van der Waals surface area (Å²) in [6.45, 7) is 1.62. The van der Waals surface area contributed by atoms with Gasteiger partial charge in [0.1, 0.15) is 11.4 Å². The van der Waals surface area contributed by atoms with Crippen molar-refractivity contribution in [2.45, 2.75) is 29.7 Å². The van der Waals surface area contributed by atoms with Crippen LogP contribution in [0.1, 0.15) is 34.5 Å². The molecule has 184 valence electrons. The topological polar surface area (TPSA) is 69.1 Å². The van der Waals surface area contributed by atoms with E-state index in [1.165, 1.54) is 25.5 Å². The summed E-state index contributed by atoms with van der Waals surface area (Å²) in [4.78, 5) is 22.7. The van der Waals surface area contributed by atoms with Gasteiger partial charge in [-0.15, -0.1) is 0 Å². The quantitative estimate of drug-likeness (QED) is 0.250. The maximum absolute atomic E-state index is 13.8. The summed E-state index contributed by atoms with van der Waals surface area (Å²) in [6, 6.07) is 16.0. The van der Waals surface area contributed by atoms with Crippen molar-refractivity contribution in [2.24, 2.45) is 0 Å². The fraction of sp³-hybridized carbons (Fsp3) is 0.385. The van der Waals surface area contributed by atoms with E-state index in [1.54, 1.807) is 11.8 Å². The van der Waals surface area contributed by atoms with E-state index < -0.39 is 0 Å². The highest BCUT2D eigenvalue weighted by Gasteiger charge is 2.44. The molecule has 0 spiro atoms. The minimum absolute atomic E-state index is 0.0824. The van der Waals surface area contributed by atoms with Crippen LogP contribution >= 0.6 is 12.0 Å². The Kier molecular flexibility index (Phi) is 6.59. The molecule has 2 aliphatic rings. The van der Waals surface area contributed by atoms with Crippen LogP contribution in [0.3, 0.4) is 0 Å². The number of likely N-dealkylation sites (N-methyl/N-ethyl adjacent to an activating group) is 1. The molecule has 5 rings (SSSR count). The molecule has 8 nitrogen and oxygen atoms in total. The Morgan fingerprint density at radius 2 is 1.71 bits per heavy atom. The zero-order valence-electron chi connectivity index (χ0n) is 20.5. The van der Waals surface area contributed by atoms with Gasteiger partial charge in [0.25, 0.3) is 5.91 Å². The number of methoxy groups -OCH3 is 1. The number of nitrogens with zero attached hydrogens (tertiary/aromatic N) is 4. The molecule has 0 unspecified atom stereocenters. The van der Waals surface area contributed by atoms with Crippen LogP contribution in [0.15, 0.2) is 53.6 Å². The third kappa shape index (κ3) is 4.56. The number of aromatic nitrogens is 2. The molecule has 1 amide bonds. The van der Waals surface area contributed by atoms with Gasteiger partial charge in [-0.05, 0) is 75.3 Å². The van der Waals surface area contributed by atoms with Gasteiger partial charge in [-0.2, -0.15) is 9.43 Å². The summed E-state index contributed by atoms with van der Waals surface area (Å²) < 4.78 is 12.1. The number of anilines is 1. The number of hydrogen-bond acceptors (Lipinski definition) is 7. The number of carbonyl (C=O) groups is 1. The van der Waals surface area contributed by atoms with E-state index >= 15 is 0 Å². The maximum atomic E-state index is 13.8. The van der Waals surface area contributed by atoms with E-state index in [4.69, 9.17) is 19.1 Å². The van der Waals surface area contributed by atoms with Gasteiger partial charge < -0.3 is 14.5 Å². The molecule has 9 heteroatoms. The van der Waals surface area contributed by atoms with Crippen LogP contribution in [0.2, 0.25) is 0 Å². The Morgan fingerprint density at radius 1 is 1.03 bits per heavy atom. The van der Waals surface area contributed by atoms with Crippen LogP contribution in [-0.4, -0.2) is 62.0 Å². The summed E-state index contributed by atoms with van der Waals surface area (Å²) in [5.74, 6) is 0.656. The molecule has 0 atom stereocenters. The fourth-order valence-electron chi connectivity index (χ4n) is 4.91. The van der Waals surface area contributed by atoms with E-state index in [0.29, 0.717) is 23.7 Å². The first-order valence-corrected chi connectivity index (χ1v) is 12.4. The molecule has 1 aliphatic carbocycles. The van der Waals surface area contributed by atoms with E-state index in [0.717, 1.165) is 41.3 Å². The molecule has 3 aromatic rings. The van der Waals surface area contributed by atoms with Crippen molar-refractivity contribution in [3.63, 3.8) is 0 Å². The average Bonchev–Trinajstić information content (AvgIpc) is 3.54. The molecule has 0 saturated heterocycles. The number of ether oxygens (including phenoxy) is 1. The molecule has 0 bridgehead atoms. The molecule has 1 aromatic heterocycles. The summed E-state index contributed by atoms with van der Waals surface area (Å²) in [6.07, 6.45) is 3.09. The molecule has 1 aliphatic heterocycles. The molecule has 0 radical (unpaired) electrons. The highest BCUT2D eigenvalue weighted by molar-refractivity contribution is 7.94. The van der Waals surface area contributed by atoms with E-state index in [-0.39, 0.29) is 11.3 Å². The molecule has 35 heavy (non-hydrogen) atoms.